The van der Waals surface area contributed by atoms with Gasteiger partial charge in [0.05, 0.1) is 22.1 Å². The number of nitrogens with zero attached hydrogens (tertiary/aromatic N) is 2. The smallest absolute Gasteiger partial charge is 0.0541 e. The van der Waals surface area contributed by atoms with Gasteiger partial charge in [0, 0.05) is 32.9 Å². The maximum atomic E-state index is 2.40. The molecule has 0 N–H and O–H groups in total. The van der Waals surface area contributed by atoms with Crippen molar-refractivity contribution in [2.24, 2.45) is 0 Å². The molecule has 0 saturated carbocycles. The zero-order chi connectivity index (χ0) is 33.0. The third-order valence-corrected chi connectivity index (χ3v) is 10.1. The van der Waals surface area contributed by atoms with E-state index in [4.69, 9.17) is 0 Å². The van der Waals surface area contributed by atoms with Crippen LogP contribution in [0.2, 0.25) is 0 Å². The summed E-state index contributed by atoms with van der Waals surface area (Å²) in [6.07, 6.45) is 0. The summed E-state index contributed by atoms with van der Waals surface area (Å²) in [6, 6.07) is 70.4. The quantitative estimate of drug-likeness (QED) is 0.178. The van der Waals surface area contributed by atoms with Crippen LogP contribution in [0.25, 0.3) is 88.4 Å². The van der Waals surface area contributed by atoms with E-state index < -0.39 is 0 Å². The average molecular weight is 639 g/mol. The highest BCUT2D eigenvalue weighted by molar-refractivity contribution is 6.12. The lowest BCUT2D eigenvalue weighted by molar-refractivity contribution is 1.18. The van der Waals surface area contributed by atoms with Crippen LogP contribution in [0.4, 0.5) is 0 Å². The van der Waals surface area contributed by atoms with Gasteiger partial charge in [0.1, 0.15) is 0 Å². The van der Waals surface area contributed by atoms with Gasteiger partial charge in [0.25, 0.3) is 0 Å². The zero-order valence-corrected chi connectivity index (χ0v) is 27.4. The monoisotopic (exact) mass is 638 g/mol. The highest BCUT2D eigenvalue weighted by Crippen LogP contribution is 2.39. The number of hydrogen-bond acceptors (Lipinski definition) is 0. The molecule has 0 saturated heterocycles. The minimum atomic E-state index is 1.16. The molecular weight excluding hydrogens is 607 g/mol. The first-order chi connectivity index (χ1) is 24.8. The number of aromatic nitrogens is 2. The van der Waals surface area contributed by atoms with Gasteiger partial charge in [-0.15, -0.1) is 0 Å². The van der Waals surface area contributed by atoms with Crippen molar-refractivity contribution in [2.45, 2.75) is 0 Å². The Bertz CT molecular complexity index is 2840. The number of fused-ring (bicyclic) bond motifs is 6. The first-order valence-corrected chi connectivity index (χ1v) is 17.2. The van der Waals surface area contributed by atoms with Gasteiger partial charge >= 0.3 is 0 Å². The second kappa shape index (κ2) is 11.5. The Hall–Kier alpha value is -6.64. The first-order valence-electron chi connectivity index (χ1n) is 17.2. The molecule has 8 aromatic carbocycles. The third kappa shape index (κ3) is 4.57. The van der Waals surface area contributed by atoms with Crippen LogP contribution >= 0.6 is 0 Å². The van der Waals surface area contributed by atoms with E-state index in [2.05, 4.69) is 203 Å². The summed E-state index contributed by atoms with van der Waals surface area (Å²) in [4.78, 5) is 0. The molecule has 0 atom stereocenters. The van der Waals surface area contributed by atoms with E-state index in [-0.39, 0.29) is 0 Å². The molecule has 0 aliphatic rings. The molecule has 0 unspecified atom stereocenters. The van der Waals surface area contributed by atoms with Gasteiger partial charge in [-0.25, -0.2) is 0 Å². The number of benzene rings is 8. The molecule has 0 bridgehead atoms. The Morgan fingerprint density at radius 1 is 0.220 bits per heavy atom. The van der Waals surface area contributed by atoms with Crippen molar-refractivity contribution >= 4 is 43.6 Å². The number of rotatable bonds is 5. The molecule has 50 heavy (non-hydrogen) atoms. The Morgan fingerprint density at radius 3 is 1.20 bits per heavy atom. The highest BCUT2D eigenvalue weighted by Gasteiger charge is 2.16. The summed E-state index contributed by atoms with van der Waals surface area (Å²) in [6.45, 7) is 0. The van der Waals surface area contributed by atoms with Gasteiger partial charge in [0.2, 0.25) is 0 Å². The number of para-hydroxylation sites is 2. The predicted molar refractivity (Wildman–Crippen MR) is 211 cm³/mol. The summed E-state index contributed by atoms with van der Waals surface area (Å²) >= 11 is 0. The minimum Gasteiger partial charge on any atom is -0.309 e. The van der Waals surface area contributed by atoms with Gasteiger partial charge in [-0.05, 0) is 94.0 Å². The van der Waals surface area contributed by atoms with Crippen molar-refractivity contribution in [1.82, 2.24) is 9.13 Å². The Kier molecular flexibility index (Phi) is 6.53. The molecule has 0 aliphatic carbocycles. The lowest BCUT2D eigenvalue weighted by Crippen LogP contribution is -1.94. The SMILES string of the molecule is c1ccc(-c2ccc(-[15n]3c4ccccc4c4cc(-c5ccc6c(c5)c5ccccc5[15n]6-c5cccc(-c6ccccc6)c5)ccc43)cc2)cc1. The van der Waals surface area contributed by atoms with E-state index >= 15 is 0 Å². The molecule has 2 heterocycles. The van der Waals surface area contributed by atoms with E-state index in [0.29, 0.717) is 0 Å². The molecular formula is C48H32N2. The molecule has 10 aromatic rings. The summed E-state index contributed by atoms with van der Waals surface area (Å²) < 4.78 is 4.80. The van der Waals surface area contributed by atoms with Crippen LogP contribution in [0.3, 0.4) is 0 Å². The van der Waals surface area contributed by atoms with Crippen molar-refractivity contribution in [1.29, 1.82) is 0 Å². The maximum Gasteiger partial charge on any atom is 0.0541 e. The third-order valence-electron chi connectivity index (χ3n) is 10.1. The Labute approximate surface area is 290 Å². The van der Waals surface area contributed by atoms with E-state index in [0.717, 1.165) is 11.4 Å². The van der Waals surface area contributed by atoms with E-state index in [1.54, 1.807) is 0 Å². The second-order valence-electron chi connectivity index (χ2n) is 13.0. The molecule has 2 heteroatoms. The van der Waals surface area contributed by atoms with Crippen LogP contribution in [-0.4, -0.2) is 9.13 Å². The minimum absolute atomic E-state index is 1.16. The Balaban J connectivity index is 1.10. The molecule has 2 aromatic heterocycles. The molecule has 0 radical (unpaired) electrons. The van der Waals surface area contributed by atoms with Crippen molar-refractivity contribution in [2.75, 3.05) is 0 Å². The van der Waals surface area contributed by atoms with Crippen molar-refractivity contribution in [3.8, 4) is 44.8 Å². The standard InChI is InChI=1S/C48H32N2/c1-3-12-33(13-4-1)35-22-26-39(27-23-35)49-45-20-9-7-18-41(45)43-31-37(24-28-47(43)49)38-25-29-48-44(32-38)42-19-8-10-21-46(42)50(48)40-17-11-16-36(30-40)34-14-5-2-6-15-34/h1-32H/i49+1,50+1. The van der Waals surface area contributed by atoms with Crippen LogP contribution in [0.1, 0.15) is 0 Å². The Morgan fingerprint density at radius 2 is 0.620 bits per heavy atom. The van der Waals surface area contributed by atoms with Crippen LogP contribution in [0.5, 0.6) is 0 Å². The summed E-state index contributed by atoms with van der Waals surface area (Å²) in [5.41, 5.74) is 14.5. The molecule has 0 amide bonds. The van der Waals surface area contributed by atoms with Crippen LogP contribution < -0.4 is 0 Å². The van der Waals surface area contributed by atoms with Crippen LogP contribution in [0, 0.1) is 0 Å². The second-order valence-corrected chi connectivity index (χ2v) is 13.0. The van der Waals surface area contributed by atoms with Crippen molar-refractivity contribution < 1.29 is 0 Å². The van der Waals surface area contributed by atoms with Gasteiger partial charge in [-0.1, -0.05) is 133 Å². The molecule has 0 spiro atoms. The van der Waals surface area contributed by atoms with Crippen LogP contribution in [-0.2, 0) is 0 Å². The van der Waals surface area contributed by atoms with E-state index in [1.165, 1.54) is 77.0 Å². The normalized spacial score (nSPS) is 11.6. The highest BCUT2D eigenvalue weighted by atomic mass is 15.7. The number of hydrogen-bond donors (Lipinski definition) is 0. The van der Waals surface area contributed by atoms with Crippen molar-refractivity contribution in [3.05, 3.63) is 194 Å². The van der Waals surface area contributed by atoms with Gasteiger partial charge in [-0.3, -0.25) is 0 Å². The topological polar surface area (TPSA) is 9.86 Å². The average Bonchev–Trinajstić information content (AvgIpc) is 3.71. The largest absolute Gasteiger partial charge is 0.309 e. The van der Waals surface area contributed by atoms with E-state index in [1.807, 2.05) is 0 Å². The van der Waals surface area contributed by atoms with Crippen molar-refractivity contribution in [3.63, 3.8) is 0 Å². The van der Waals surface area contributed by atoms with E-state index in [9.17, 15) is 0 Å². The summed E-state index contributed by atoms with van der Waals surface area (Å²) in [5, 5.41) is 5.02. The van der Waals surface area contributed by atoms with Crippen LogP contribution in [0.15, 0.2) is 194 Å². The summed E-state index contributed by atoms with van der Waals surface area (Å²) in [5.74, 6) is 0. The fourth-order valence-electron chi connectivity index (χ4n) is 7.75. The summed E-state index contributed by atoms with van der Waals surface area (Å²) in [7, 11) is 0. The molecule has 0 fully saturated rings. The van der Waals surface area contributed by atoms with Gasteiger partial charge in [-0.2, -0.15) is 0 Å². The first kappa shape index (κ1) is 28.4. The molecule has 2 nitrogen and oxygen atoms in total. The van der Waals surface area contributed by atoms with Gasteiger partial charge < -0.3 is 9.13 Å². The fraction of sp³-hybridized carbons (Fsp3) is 0. The maximum absolute atomic E-state index is 2.40. The fourth-order valence-corrected chi connectivity index (χ4v) is 7.75. The lowest BCUT2D eigenvalue weighted by Gasteiger charge is -2.11. The zero-order valence-electron chi connectivity index (χ0n) is 27.4. The molecule has 10 rings (SSSR count). The lowest BCUT2D eigenvalue weighted by atomic mass is 10.0. The predicted octanol–water partition coefficient (Wildman–Crippen LogP) is 12.9. The molecule has 234 valence electrons. The molecule has 0 aliphatic heterocycles. The van der Waals surface area contributed by atoms with Gasteiger partial charge in [0.15, 0.2) is 0 Å².